The summed E-state index contributed by atoms with van der Waals surface area (Å²) in [5.41, 5.74) is -0.0566. The maximum Gasteiger partial charge on any atom is 0.232 e. The van der Waals surface area contributed by atoms with Crippen molar-refractivity contribution >= 4 is 0 Å². The maximum absolute atomic E-state index is 5.08. The Morgan fingerprint density at radius 3 is 2.50 bits per heavy atom. The molecule has 0 aromatic carbocycles. The van der Waals surface area contributed by atoms with Gasteiger partial charge in [0.2, 0.25) is 5.89 Å². The van der Waals surface area contributed by atoms with Crippen LogP contribution in [0, 0.1) is 0 Å². The summed E-state index contributed by atoms with van der Waals surface area (Å²) < 4.78 is 5.08. The Hall–Kier alpha value is -0.900. The molecule has 0 radical (unpaired) electrons. The van der Waals surface area contributed by atoms with E-state index in [0.717, 1.165) is 0 Å². The Balaban J connectivity index is 2.77. The highest BCUT2D eigenvalue weighted by atomic mass is 16.5. The van der Waals surface area contributed by atoms with Crippen molar-refractivity contribution in [2.24, 2.45) is 0 Å². The van der Waals surface area contributed by atoms with Gasteiger partial charge in [-0.3, -0.25) is 0 Å². The van der Waals surface area contributed by atoms with E-state index in [1.54, 1.807) is 0 Å². The SMILES string of the molecule is CNCc1noc(C(C)(C)C)n1. The second-order valence-electron chi connectivity index (χ2n) is 3.80. The second kappa shape index (κ2) is 3.23. The lowest BCUT2D eigenvalue weighted by atomic mass is 9.97. The van der Waals surface area contributed by atoms with Gasteiger partial charge in [0.1, 0.15) is 0 Å². The van der Waals surface area contributed by atoms with Gasteiger partial charge in [-0.1, -0.05) is 25.9 Å². The fourth-order valence-corrected chi connectivity index (χ4v) is 0.789. The predicted octanol–water partition coefficient (Wildman–Crippen LogP) is 1.09. The van der Waals surface area contributed by atoms with Crippen molar-refractivity contribution in [1.82, 2.24) is 15.5 Å². The largest absolute Gasteiger partial charge is 0.339 e. The highest BCUT2D eigenvalue weighted by molar-refractivity contribution is 4.97. The summed E-state index contributed by atoms with van der Waals surface area (Å²) in [5.74, 6) is 1.40. The molecule has 0 atom stereocenters. The van der Waals surface area contributed by atoms with Gasteiger partial charge in [0, 0.05) is 5.41 Å². The van der Waals surface area contributed by atoms with Gasteiger partial charge in [0.05, 0.1) is 6.54 Å². The summed E-state index contributed by atoms with van der Waals surface area (Å²) >= 11 is 0. The van der Waals surface area contributed by atoms with Crippen LogP contribution in [-0.4, -0.2) is 17.2 Å². The molecule has 1 N–H and O–H groups in total. The highest BCUT2D eigenvalue weighted by Gasteiger charge is 2.21. The molecule has 68 valence electrons. The van der Waals surface area contributed by atoms with E-state index in [0.29, 0.717) is 18.3 Å². The lowest BCUT2D eigenvalue weighted by Gasteiger charge is -2.10. The Morgan fingerprint density at radius 2 is 2.08 bits per heavy atom. The summed E-state index contributed by atoms with van der Waals surface area (Å²) in [4.78, 5) is 4.23. The molecule has 0 bridgehead atoms. The van der Waals surface area contributed by atoms with Crippen LogP contribution in [0.3, 0.4) is 0 Å². The van der Waals surface area contributed by atoms with Gasteiger partial charge in [-0.25, -0.2) is 0 Å². The molecule has 0 aliphatic carbocycles. The lowest BCUT2D eigenvalue weighted by molar-refractivity contribution is 0.318. The summed E-state index contributed by atoms with van der Waals surface area (Å²) in [6.45, 7) is 6.79. The third-order valence-corrected chi connectivity index (χ3v) is 1.44. The molecule has 0 saturated carbocycles. The zero-order chi connectivity index (χ0) is 9.19. The lowest BCUT2D eigenvalue weighted by Crippen LogP contribution is -2.12. The first-order valence-electron chi connectivity index (χ1n) is 4.01. The number of nitrogens with one attached hydrogen (secondary N) is 1. The van der Waals surface area contributed by atoms with E-state index in [-0.39, 0.29) is 5.41 Å². The van der Waals surface area contributed by atoms with Crippen LogP contribution < -0.4 is 5.32 Å². The minimum absolute atomic E-state index is 0.0566. The van der Waals surface area contributed by atoms with Crippen LogP contribution in [-0.2, 0) is 12.0 Å². The Bertz CT molecular complexity index is 249. The minimum atomic E-state index is -0.0566. The molecule has 0 aliphatic heterocycles. The second-order valence-corrected chi connectivity index (χ2v) is 3.80. The van der Waals surface area contributed by atoms with Crippen molar-refractivity contribution in [3.8, 4) is 0 Å². The van der Waals surface area contributed by atoms with Crippen molar-refractivity contribution in [2.75, 3.05) is 7.05 Å². The third-order valence-electron chi connectivity index (χ3n) is 1.44. The molecule has 12 heavy (non-hydrogen) atoms. The van der Waals surface area contributed by atoms with Gasteiger partial charge in [0.15, 0.2) is 5.82 Å². The first kappa shape index (κ1) is 9.19. The quantitative estimate of drug-likeness (QED) is 0.720. The predicted molar refractivity (Wildman–Crippen MR) is 45.8 cm³/mol. The van der Waals surface area contributed by atoms with Crippen LogP contribution in [0.25, 0.3) is 0 Å². The zero-order valence-corrected chi connectivity index (χ0v) is 8.01. The molecule has 0 fully saturated rings. The molecule has 1 heterocycles. The fourth-order valence-electron chi connectivity index (χ4n) is 0.789. The first-order chi connectivity index (χ1) is 5.54. The fraction of sp³-hybridized carbons (Fsp3) is 0.750. The topological polar surface area (TPSA) is 51.0 Å². The number of nitrogens with zero attached hydrogens (tertiary/aromatic N) is 2. The molecule has 0 amide bonds. The molecule has 0 spiro atoms. The van der Waals surface area contributed by atoms with Crippen LogP contribution in [0.5, 0.6) is 0 Å². The van der Waals surface area contributed by atoms with E-state index in [2.05, 4.69) is 15.5 Å². The molecule has 1 aromatic rings. The van der Waals surface area contributed by atoms with Gasteiger partial charge in [0.25, 0.3) is 0 Å². The summed E-state index contributed by atoms with van der Waals surface area (Å²) in [6, 6.07) is 0. The number of hydrogen-bond acceptors (Lipinski definition) is 4. The van der Waals surface area contributed by atoms with E-state index >= 15 is 0 Å². The molecule has 1 rings (SSSR count). The number of hydrogen-bond donors (Lipinski definition) is 1. The zero-order valence-electron chi connectivity index (χ0n) is 8.01. The van der Waals surface area contributed by atoms with E-state index in [9.17, 15) is 0 Å². The Morgan fingerprint density at radius 1 is 1.42 bits per heavy atom. The minimum Gasteiger partial charge on any atom is -0.339 e. The Labute approximate surface area is 72.4 Å². The highest BCUT2D eigenvalue weighted by Crippen LogP contribution is 2.19. The third kappa shape index (κ3) is 2.04. The standard InChI is InChI=1S/C8H15N3O/c1-8(2,3)7-10-6(5-9-4)11-12-7/h9H,5H2,1-4H3. The summed E-state index contributed by atoms with van der Waals surface area (Å²) in [7, 11) is 1.85. The van der Waals surface area contributed by atoms with Crippen molar-refractivity contribution in [3.63, 3.8) is 0 Å². The molecule has 0 aliphatic rings. The molecule has 0 unspecified atom stereocenters. The smallest absolute Gasteiger partial charge is 0.232 e. The number of aromatic nitrogens is 2. The molecule has 4 nitrogen and oxygen atoms in total. The normalized spacial score (nSPS) is 12.0. The van der Waals surface area contributed by atoms with E-state index in [1.807, 2.05) is 27.8 Å². The maximum atomic E-state index is 5.08. The summed E-state index contributed by atoms with van der Waals surface area (Å²) in [6.07, 6.45) is 0. The Kier molecular flexibility index (Phi) is 2.47. The van der Waals surface area contributed by atoms with E-state index < -0.39 is 0 Å². The van der Waals surface area contributed by atoms with Crippen LogP contribution >= 0.6 is 0 Å². The van der Waals surface area contributed by atoms with Gasteiger partial charge < -0.3 is 9.84 Å². The molecule has 1 aromatic heterocycles. The monoisotopic (exact) mass is 169 g/mol. The van der Waals surface area contributed by atoms with Gasteiger partial charge in [-0.15, -0.1) is 0 Å². The van der Waals surface area contributed by atoms with Crippen LogP contribution in [0.2, 0.25) is 0 Å². The van der Waals surface area contributed by atoms with Crippen molar-refractivity contribution < 1.29 is 4.52 Å². The molecular formula is C8H15N3O. The number of rotatable bonds is 2. The van der Waals surface area contributed by atoms with E-state index in [1.165, 1.54) is 0 Å². The summed E-state index contributed by atoms with van der Waals surface area (Å²) in [5, 5.41) is 6.79. The molecule has 0 saturated heterocycles. The van der Waals surface area contributed by atoms with Crippen molar-refractivity contribution in [2.45, 2.75) is 32.7 Å². The van der Waals surface area contributed by atoms with Gasteiger partial charge >= 0.3 is 0 Å². The molecule has 4 heteroatoms. The van der Waals surface area contributed by atoms with Crippen LogP contribution in [0.1, 0.15) is 32.5 Å². The van der Waals surface area contributed by atoms with Gasteiger partial charge in [-0.05, 0) is 7.05 Å². The first-order valence-corrected chi connectivity index (χ1v) is 4.01. The van der Waals surface area contributed by atoms with Crippen molar-refractivity contribution in [3.05, 3.63) is 11.7 Å². The average molecular weight is 169 g/mol. The van der Waals surface area contributed by atoms with Crippen molar-refractivity contribution in [1.29, 1.82) is 0 Å². The van der Waals surface area contributed by atoms with Crippen LogP contribution in [0.4, 0.5) is 0 Å². The van der Waals surface area contributed by atoms with Gasteiger partial charge in [-0.2, -0.15) is 4.98 Å². The van der Waals surface area contributed by atoms with Crippen LogP contribution in [0.15, 0.2) is 4.52 Å². The molecular weight excluding hydrogens is 154 g/mol. The average Bonchev–Trinajstić information content (AvgIpc) is 2.35. The van der Waals surface area contributed by atoms with E-state index in [4.69, 9.17) is 4.52 Å².